The van der Waals surface area contributed by atoms with Crippen molar-refractivity contribution in [3.8, 4) is 0 Å². The van der Waals surface area contributed by atoms with Gasteiger partial charge in [0.15, 0.2) is 5.78 Å². The molecule has 0 spiro atoms. The SMILES string of the molecule is Cc1ccc(C)c(C(=O)c2cnc3ccccc3c2)c1. The number of carbonyl (C=O) groups excluding carboxylic acids is 1. The molecule has 3 aromatic rings. The summed E-state index contributed by atoms with van der Waals surface area (Å²) in [5.74, 6) is 0.0319. The van der Waals surface area contributed by atoms with Crippen LogP contribution in [-0.2, 0) is 0 Å². The van der Waals surface area contributed by atoms with Crippen molar-refractivity contribution in [3.05, 3.63) is 77.0 Å². The van der Waals surface area contributed by atoms with E-state index >= 15 is 0 Å². The number of aromatic nitrogens is 1. The Morgan fingerprint density at radius 1 is 1.00 bits per heavy atom. The van der Waals surface area contributed by atoms with E-state index < -0.39 is 0 Å². The van der Waals surface area contributed by atoms with Gasteiger partial charge in [-0.05, 0) is 37.6 Å². The summed E-state index contributed by atoms with van der Waals surface area (Å²) < 4.78 is 0. The second-order valence-electron chi connectivity index (χ2n) is 5.06. The van der Waals surface area contributed by atoms with Crippen LogP contribution in [0.4, 0.5) is 0 Å². The maximum Gasteiger partial charge on any atom is 0.194 e. The predicted molar refractivity (Wildman–Crippen MR) is 81.1 cm³/mol. The Balaban J connectivity index is 2.10. The number of pyridine rings is 1. The summed E-state index contributed by atoms with van der Waals surface area (Å²) in [7, 11) is 0. The van der Waals surface area contributed by atoms with E-state index in [0.29, 0.717) is 5.56 Å². The summed E-state index contributed by atoms with van der Waals surface area (Å²) in [4.78, 5) is 17.0. The summed E-state index contributed by atoms with van der Waals surface area (Å²) in [5.41, 5.74) is 4.38. The normalized spacial score (nSPS) is 10.7. The molecule has 2 nitrogen and oxygen atoms in total. The van der Waals surface area contributed by atoms with Crippen LogP contribution in [-0.4, -0.2) is 10.8 Å². The third kappa shape index (κ3) is 2.21. The van der Waals surface area contributed by atoms with Gasteiger partial charge >= 0.3 is 0 Å². The summed E-state index contributed by atoms with van der Waals surface area (Å²) in [5, 5.41) is 0.989. The first-order chi connectivity index (χ1) is 9.65. The first kappa shape index (κ1) is 12.5. The molecule has 1 aromatic heterocycles. The Kier molecular flexibility index (Phi) is 3.07. The van der Waals surface area contributed by atoms with E-state index in [9.17, 15) is 4.79 Å². The number of rotatable bonds is 2. The minimum Gasteiger partial charge on any atom is -0.289 e. The largest absolute Gasteiger partial charge is 0.289 e. The number of hydrogen-bond donors (Lipinski definition) is 0. The van der Waals surface area contributed by atoms with Crippen molar-refractivity contribution in [3.63, 3.8) is 0 Å². The molecule has 2 aromatic carbocycles. The van der Waals surface area contributed by atoms with Gasteiger partial charge in [0.25, 0.3) is 0 Å². The Morgan fingerprint density at radius 3 is 2.65 bits per heavy atom. The van der Waals surface area contributed by atoms with Gasteiger partial charge in [0.2, 0.25) is 0 Å². The highest BCUT2D eigenvalue weighted by Crippen LogP contribution is 2.18. The van der Waals surface area contributed by atoms with Crippen LogP contribution in [0.2, 0.25) is 0 Å². The number of fused-ring (bicyclic) bond motifs is 1. The van der Waals surface area contributed by atoms with Crippen molar-refractivity contribution in [2.45, 2.75) is 13.8 Å². The third-order valence-electron chi connectivity index (χ3n) is 3.49. The van der Waals surface area contributed by atoms with Crippen LogP contribution in [0.1, 0.15) is 27.0 Å². The second-order valence-corrected chi connectivity index (χ2v) is 5.06. The Labute approximate surface area is 118 Å². The number of para-hydroxylation sites is 1. The van der Waals surface area contributed by atoms with Gasteiger partial charge in [-0.2, -0.15) is 0 Å². The topological polar surface area (TPSA) is 30.0 Å². The molecule has 0 saturated heterocycles. The molecule has 0 atom stereocenters. The van der Waals surface area contributed by atoms with Gasteiger partial charge in [0, 0.05) is 22.7 Å². The van der Waals surface area contributed by atoms with Gasteiger partial charge in [-0.1, -0.05) is 35.9 Å². The van der Waals surface area contributed by atoms with E-state index in [4.69, 9.17) is 0 Å². The minimum absolute atomic E-state index is 0.0319. The van der Waals surface area contributed by atoms with E-state index in [1.165, 1.54) is 0 Å². The fraction of sp³-hybridized carbons (Fsp3) is 0.111. The minimum atomic E-state index is 0.0319. The van der Waals surface area contributed by atoms with Gasteiger partial charge in [-0.25, -0.2) is 0 Å². The van der Waals surface area contributed by atoms with Crippen LogP contribution < -0.4 is 0 Å². The van der Waals surface area contributed by atoms with Gasteiger partial charge < -0.3 is 0 Å². The molecule has 0 bridgehead atoms. The molecule has 0 N–H and O–H groups in total. The van der Waals surface area contributed by atoms with E-state index in [1.54, 1.807) is 6.20 Å². The first-order valence-electron chi connectivity index (χ1n) is 6.62. The second kappa shape index (κ2) is 4.89. The average Bonchev–Trinajstić information content (AvgIpc) is 2.48. The maximum absolute atomic E-state index is 12.6. The van der Waals surface area contributed by atoms with Crippen LogP contribution in [0.5, 0.6) is 0 Å². The van der Waals surface area contributed by atoms with Crippen LogP contribution in [0.25, 0.3) is 10.9 Å². The quantitative estimate of drug-likeness (QED) is 0.650. The van der Waals surface area contributed by atoms with E-state index in [1.807, 2.05) is 62.4 Å². The van der Waals surface area contributed by atoms with Gasteiger partial charge in [-0.15, -0.1) is 0 Å². The zero-order chi connectivity index (χ0) is 14.1. The molecule has 0 aliphatic carbocycles. The number of hydrogen-bond acceptors (Lipinski definition) is 2. The van der Waals surface area contributed by atoms with E-state index in [0.717, 1.165) is 27.6 Å². The highest BCUT2D eigenvalue weighted by Gasteiger charge is 2.12. The lowest BCUT2D eigenvalue weighted by Gasteiger charge is -2.07. The Bertz CT molecular complexity index is 805. The molecule has 0 saturated carbocycles. The van der Waals surface area contributed by atoms with Crippen molar-refractivity contribution < 1.29 is 4.79 Å². The standard InChI is InChI=1S/C18H15NO/c1-12-7-8-13(2)16(9-12)18(20)15-10-14-5-3-4-6-17(14)19-11-15/h3-11H,1-2H3. The zero-order valence-corrected chi connectivity index (χ0v) is 11.6. The van der Waals surface area contributed by atoms with Crippen LogP contribution >= 0.6 is 0 Å². The highest BCUT2D eigenvalue weighted by molar-refractivity contribution is 6.11. The molecule has 0 aliphatic rings. The van der Waals surface area contributed by atoms with Crippen molar-refractivity contribution in [2.24, 2.45) is 0 Å². The zero-order valence-electron chi connectivity index (χ0n) is 11.6. The molecule has 0 aliphatic heterocycles. The first-order valence-corrected chi connectivity index (χ1v) is 6.62. The molecule has 0 amide bonds. The smallest absolute Gasteiger partial charge is 0.194 e. The number of carbonyl (C=O) groups is 1. The lowest BCUT2D eigenvalue weighted by atomic mass is 9.97. The fourth-order valence-electron chi connectivity index (χ4n) is 2.33. The maximum atomic E-state index is 12.6. The summed E-state index contributed by atoms with van der Waals surface area (Å²) >= 11 is 0. The molecule has 1 heterocycles. The van der Waals surface area contributed by atoms with Crippen molar-refractivity contribution in [1.82, 2.24) is 4.98 Å². The number of aryl methyl sites for hydroxylation is 2. The Morgan fingerprint density at radius 2 is 1.80 bits per heavy atom. The van der Waals surface area contributed by atoms with Gasteiger partial charge in [0.1, 0.15) is 0 Å². The molecule has 20 heavy (non-hydrogen) atoms. The van der Waals surface area contributed by atoms with E-state index in [2.05, 4.69) is 4.98 Å². The van der Waals surface area contributed by atoms with Crippen molar-refractivity contribution >= 4 is 16.7 Å². The molecular formula is C18H15NO. The molecule has 3 rings (SSSR count). The van der Waals surface area contributed by atoms with Crippen molar-refractivity contribution in [1.29, 1.82) is 0 Å². The monoisotopic (exact) mass is 261 g/mol. The summed E-state index contributed by atoms with van der Waals surface area (Å²) in [6, 6.07) is 15.7. The van der Waals surface area contributed by atoms with Crippen LogP contribution in [0.3, 0.4) is 0 Å². The van der Waals surface area contributed by atoms with Crippen LogP contribution in [0, 0.1) is 13.8 Å². The molecular weight excluding hydrogens is 246 g/mol. The molecule has 0 fully saturated rings. The Hall–Kier alpha value is -2.48. The lowest BCUT2D eigenvalue weighted by Crippen LogP contribution is -2.04. The van der Waals surface area contributed by atoms with Crippen molar-refractivity contribution in [2.75, 3.05) is 0 Å². The highest BCUT2D eigenvalue weighted by atomic mass is 16.1. The average molecular weight is 261 g/mol. The summed E-state index contributed by atoms with van der Waals surface area (Å²) in [6.45, 7) is 3.95. The van der Waals surface area contributed by atoms with Gasteiger partial charge in [0.05, 0.1) is 5.52 Å². The summed E-state index contributed by atoms with van der Waals surface area (Å²) in [6.07, 6.45) is 1.66. The lowest BCUT2D eigenvalue weighted by molar-refractivity contribution is 0.103. The molecule has 0 unspecified atom stereocenters. The third-order valence-corrected chi connectivity index (χ3v) is 3.49. The number of ketones is 1. The predicted octanol–water partition coefficient (Wildman–Crippen LogP) is 4.08. The number of nitrogens with zero attached hydrogens (tertiary/aromatic N) is 1. The van der Waals surface area contributed by atoms with Gasteiger partial charge in [-0.3, -0.25) is 9.78 Å². The molecule has 98 valence electrons. The van der Waals surface area contributed by atoms with E-state index in [-0.39, 0.29) is 5.78 Å². The fourth-order valence-corrected chi connectivity index (χ4v) is 2.33. The molecule has 0 radical (unpaired) electrons. The van der Waals surface area contributed by atoms with Crippen LogP contribution in [0.15, 0.2) is 54.7 Å². The number of benzene rings is 2. The molecule has 2 heteroatoms.